The lowest BCUT2D eigenvalue weighted by Gasteiger charge is -2.30. The minimum absolute atomic E-state index is 0.0889. The van der Waals surface area contributed by atoms with Crippen LogP contribution in [0, 0.1) is 17.6 Å². The third-order valence-electron chi connectivity index (χ3n) is 5.89. The zero-order valence-electron chi connectivity index (χ0n) is 17.5. The van der Waals surface area contributed by atoms with Crippen LogP contribution in [0.15, 0.2) is 46.1 Å². The number of carbonyl (C=O) groups is 1. The van der Waals surface area contributed by atoms with Crippen molar-refractivity contribution in [1.82, 2.24) is 13.4 Å². The van der Waals surface area contributed by atoms with Gasteiger partial charge in [-0.1, -0.05) is 0 Å². The van der Waals surface area contributed by atoms with Crippen molar-refractivity contribution in [3.05, 3.63) is 58.5 Å². The summed E-state index contributed by atoms with van der Waals surface area (Å²) in [7, 11) is -0.656. The second-order valence-electron chi connectivity index (χ2n) is 7.85. The van der Waals surface area contributed by atoms with E-state index in [-0.39, 0.29) is 29.6 Å². The zero-order valence-corrected chi connectivity index (χ0v) is 18.3. The van der Waals surface area contributed by atoms with Gasteiger partial charge in [-0.15, -0.1) is 0 Å². The smallest absolute Gasteiger partial charge is 0.326 e. The number of fused-ring (bicyclic) bond motifs is 1. The quantitative estimate of drug-likeness (QED) is 0.641. The first kappa shape index (κ1) is 22.2. The Morgan fingerprint density at radius 1 is 0.969 bits per heavy atom. The number of piperidine rings is 1. The molecule has 8 nitrogen and oxygen atoms in total. The topological polar surface area (TPSA) is 93.4 Å². The van der Waals surface area contributed by atoms with Gasteiger partial charge in [0.2, 0.25) is 15.9 Å². The predicted molar refractivity (Wildman–Crippen MR) is 115 cm³/mol. The van der Waals surface area contributed by atoms with Crippen molar-refractivity contribution in [3.63, 3.8) is 0 Å². The van der Waals surface area contributed by atoms with Crippen LogP contribution in [0.3, 0.4) is 0 Å². The number of benzene rings is 2. The van der Waals surface area contributed by atoms with Crippen LogP contribution in [0.5, 0.6) is 0 Å². The largest absolute Gasteiger partial charge is 0.328 e. The first-order valence-electron chi connectivity index (χ1n) is 10.0. The van der Waals surface area contributed by atoms with E-state index in [9.17, 15) is 26.8 Å². The lowest BCUT2D eigenvalue weighted by molar-refractivity contribution is -0.120. The van der Waals surface area contributed by atoms with Crippen molar-refractivity contribution in [2.75, 3.05) is 18.4 Å². The lowest BCUT2D eigenvalue weighted by atomic mass is 9.97. The summed E-state index contributed by atoms with van der Waals surface area (Å²) in [5.41, 5.74) is 1.80. The summed E-state index contributed by atoms with van der Waals surface area (Å²) in [4.78, 5) is 24.5. The summed E-state index contributed by atoms with van der Waals surface area (Å²) in [6.07, 6.45) is 0.585. The highest BCUT2D eigenvalue weighted by atomic mass is 32.2. The molecule has 1 aromatic heterocycles. The van der Waals surface area contributed by atoms with E-state index in [4.69, 9.17) is 0 Å². The average molecular weight is 464 g/mol. The van der Waals surface area contributed by atoms with Gasteiger partial charge in [0.1, 0.15) is 0 Å². The third kappa shape index (κ3) is 3.82. The van der Waals surface area contributed by atoms with Crippen molar-refractivity contribution in [2.24, 2.45) is 20.0 Å². The van der Waals surface area contributed by atoms with Crippen LogP contribution in [0.2, 0.25) is 0 Å². The van der Waals surface area contributed by atoms with Crippen LogP contribution in [0.25, 0.3) is 11.0 Å². The first-order valence-corrected chi connectivity index (χ1v) is 11.4. The fourth-order valence-corrected chi connectivity index (χ4v) is 5.46. The SMILES string of the molecule is Cn1c(=O)n(C)c2cc(NC(=O)C3CCN(S(=O)(=O)c4ccc(F)c(F)c4)CC3)ccc21. The first-order chi connectivity index (χ1) is 15.1. The molecule has 1 saturated heterocycles. The minimum atomic E-state index is -3.98. The number of nitrogens with one attached hydrogen (secondary N) is 1. The maximum atomic E-state index is 13.5. The van der Waals surface area contributed by atoms with Crippen molar-refractivity contribution < 1.29 is 22.0 Å². The van der Waals surface area contributed by atoms with E-state index < -0.39 is 27.6 Å². The standard InChI is InChI=1S/C21H22F2N4O4S/c1-25-18-6-3-14(11-19(18)26(2)21(25)29)24-20(28)13-7-9-27(10-8-13)32(30,31)15-4-5-16(22)17(23)12-15/h3-6,11-13H,7-10H2,1-2H3,(H,24,28). The molecule has 0 bridgehead atoms. The molecule has 0 unspecified atom stereocenters. The molecule has 1 fully saturated rings. The second kappa shape index (κ2) is 8.14. The van der Waals surface area contributed by atoms with Crippen molar-refractivity contribution in [1.29, 1.82) is 0 Å². The van der Waals surface area contributed by atoms with Crippen molar-refractivity contribution in [2.45, 2.75) is 17.7 Å². The Morgan fingerprint density at radius 2 is 1.62 bits per heavy atom. The van der Waals surface area contributed by atoms with E-state index in [1.54, 1.807) is 32.3 Å². The van der Waals surface area contributed by atoms with Crippen LogP contribution in [-0.4, -0.2) is 40.9 Å². The molecule has 0 aliphatic carbocycles. The fourth-order valence-electron chi connectivity index (χ4n) is 3.97. The number of amides is 1. The van der Waals surface area contributed by atoms with Gasteiger partial charge >= 0.3 is 5.69 Å². The number of aromatic nitrogens is 2. The average Bonchev–Trinajstić information content (AvgIpc) is 2.99. The van der Waals surface area contributed by atoms with Gasteiger partial charge in [0.15, 0.2) is 11.6 Å². The molecule has 1 aliphatic heterocycles. The van der Waals surface area contributed by atoms with Crippen LogP contribution in [0.4, 0.5) is 14.5 Å². The van der Waals surface area contributed by atoms with Gasteiger partial charge in [0.05, 0.1) is 15.9 Å². The number of carbonyl (C=O) groups excluding carboxylic acids is 1. The molecule has 0 saturated carbocycles. The van der Waals surface area contributed by atoms with Gasteiger partial charge in [-0.25, -0.2) is 22.0 Å². The van der Waals surface area contributed by atoms with Crippen LogP contribution < -0.4 is 11.0 Å². The molecule has 0 atom stereocenters. The molecule has 1 N–H and O–H groups in total. The highest BCUT2D eigenvalue weighted by Crippen LogP contribution is 2.26. The van der Waals surface area contributed by atoms with E-state index in [2.05, 4.69) is 5.32 Å². The maximum Gasteiger partial charge on any atom is 0.328 e. The normalized spacial score (nSPS) is 15.9. The number of imidazole rings is 1. The van der Waals surface area contributed by atoms with Gasteiger partial charge in [-0.3, -0.25) is 13.9 Å². The van der Waals surface area contributed by atoms with Gasteiger partial charge < -0.3 is 5.32 Å². The summed E-state index contributed by atoms with van der Waals surface area (Å²) in [5, 5.41) is 2.84. The number of anilines is 1. The van der Waals surface area contributed by atoms with E-state index in [0.29, 0.717) is 30.1 Å². The molecule has 11 heteroatoms. The monoisotopic (exact) mass is 464 g/mol. The number of nitrogens with zero attached hydrogens (tertiary/aromatic N) is 3. The van der Waals surface area contributed by atoms with Gasteiger partial charge in [-0.05, 0) is 49.2 Å². The van der Waals surface area contributed by atoms with Crippen molar-refractivity contribution >= 4 is 32.7 Å². The fraction of sp³-hybridized carbons (Fsp3) is 0.333. The Labute approximate surface area is 183 Å². The zero-order chi connectivity index (χ0) is 23.2. The molecule has 0 spiro atoms. The number of hydrogen-bond donors (Lipinski definition) is 1. The lowest BCUT2D eigenvalue weighted by Crippen LogP contribution is -2.41. The summed E-state index contributed by atoms with van der Waals surface area (Å²) in [6.45, 7) is 0.178. The molecule has 3 aromatic rings. The minimum Gasteiger partial charge on any atom is -0.326 e. The number of aryl methyl sites for hydroxylation is 2. The summed E-state index contributed by atoms with van der Waals surface area (Å²) >= 11 is 0. The molecule has 1 aliphatic rings. The van der Waals surface area contributed by atoms with Gasteiger partial charge in [0, 0.05) is 38.8 Å². The van der Waals surface area contributed by atoms with Crippen LogP contribution in [0.1, 0.15) is 12.8 Å². The van der Waals surface area contributed by atoms with Crippen molar-refractivity contribution in [3.8, 4) is 0 Å². The van der Waals surface area contributed by atoms with E-state index in [0.717, 1.165) is 17.6 Å². The Kier molecular flexibility index (Phi) is 5.63. The highest BCUT2D eigenvalue weighted by molar-refractivity contribution is 7.89. The molecule has 1 amide bonds. The molecule has 0 radical (unpaired) electrons. The summed E-state index contributed by atoms with van der Waals surface area (Å²) in [6, 6.07) is 7.65. The molecule has 2 aromatic carbocycles. The second-order valence-corrected chi connectivity index (χ2v) is 9.79. The molecule has 4 rings (SSSR count). The van der Waals surface area contributed by atoms with E-state index in [1.807, 2.05) is 0 Å². The Balaban J connectivity index is 1.43. The highest BCUT2D eigenvalue weighted by Gasteiger charge is 2.32. The van der Waals surface area contributed by atoms with Gasteiger partial charge in [0.25, 0.3) is 0 Å². The Hall–Kier alpha value is -3.05. The Morgan fingerprint density at radius 3 is 2.28 bits per heavy atom. The predicted octanol–water partition coefficient (Wildman–Crippen LogP) is 2.19. The molecule has 2 heterocycles. The number of halogens is 2. The Bertz CT molecular complexity index is 1370. The third-order valence-corrected chi connectivity index (χ3v) is 7.79. The number of hydrogen-bond acceptors (Lipinski definition) is 4. The number of rotatable bonds is 4. The molecule has 170 valence electrons. The summed E-state index contributed by atoms with van der Waals surface area (Å²) in [5.74, 6) is -2.99. The summed E-state index contributed by atoms with van der Waals surface area (Å²) < 4.78 is 56.2. The van der Waals surface area contributed by atoms with E-state index in [1.165, 1.54) is 13.4 Å². The molecular weight excluding hydrogens is 442 g/mol. The molecule has 32 heavy (non-hydrogen) atoms. The maximum absolute atomic E-state index is 13.5. The van der Waals surface area contributed by atoms with E-state index >= 15 is 0 Å². The van der Waals surface area contributed by atoms with Crippen LogP contribution in [-0.2, 0) is 28.9 Å². The van der Waals surface area contributed by atoms with Crippen LogP contribution >= 0.6 is 0 Å². The number of sulfonamides is 1. The molecular formula is C21H22F2N4O4S. The van der Waals surface area contributed by atoms with Gasteiger partial charge in [-0.2, -0.15) is 4.31 Å².